The SMILES string of the molecule is CCCN1C(=O)[C@H](CCCCS(=O)(=O)c2ccc(Cl)cc2)NC(=O)C12CCN(CCc1ccccc1)CC2. The van der Waals surface area contributed by atoms with E-state index in [-0.39, 0.29) is 22.5 Å². The van der Waals surface area contributed by atoms with Gasteiger partial charge >= 0.3 is 0 Å². The van der Waals surface area contributed by atoms with Gasteiger partial charge in [0.25, 0.3) is 0 Å². The van der Waals surface area contributed by atoms with Gasteiger partial charge in [-0.05, 0) is 74.8 Å². The smallest absolute Gasteiger partial charge is 0.246 e. The van der Waals surface area contributed by atoms with Crippen molar-refractivity contribution in [1.29, 1.82) is 0 Å². The van der Waals surface area contributed by atoms with Crippen molar-refractivity contribution in [3.63, 3.8) is 0 Å². The molecule has 0 radical (unpaired) electrons. The van der Waals surface area contributed by atoms with E-state index in [9.17, 15) is 18.0 Å². The molecule has 0 saturated carbocycles. The van der Waals surface area contributed by atoms with Crippen LogP contribution >= 0.6 is 11.6 Å². The average molecular weight is 560 g/mol. The van der Waals surface area contributed by atoms with E-state index in [0.717, 1.165) is 32.5 Å². The molecule has 0 aliphatic carbocycles. The monoisotopic (exact) mass is 559 g/mol. The first-order valence-corrected chi connectivity index (χ1v) is 15.7. The summed E-state index contributed by atoms with van der Waals surface area (Å²) in [5.74, 6) is -0.109. The number of hydrogen-bond donors (Lipinski definition) is 1. The number of hydrogen-bond acceptors (Lipinski definition) is 5. The molecule has 9 heteroatoms. The number of piperidine rings is 1. The molecule has 1 atom stereocenters. The van der Waals surface area contributed by atoms with Crippen molar-refractivity contribution in [2.24, 2.45) is 0 Å². The number of nitrogens with one attached hydrogen (secondary N) is 1. The molecule has 0 unspecified atom stereocenters. The lowest BCUT2D eigenvalue weighted by Gasteiger charge is -2.51. The van der Waals surface area contributed by atoms with Crippen LogP contribution in [-0.4, -0.2) is 73.5 Å². The second-order valence-corrected chi connectivity index (χ2v) is 12.9. The fourth-order valence-electron chi connectivity index (χ4n) is 5.60. The third-order valence-corrected chi connectivity index (χ3v) is 9.90. The predicted molar refractivity (Wildman–Crippen MR) is 150 cm³/mol. The molecule has 4 rings (SSSR count). The summed E-state index contributed by atoms with van der Waals surface area (Å²) >= 11 is 5.86. The lowest BCUT2D eigenvalue weighted by Crippen LogP contribution is -2.72. The van der Waals surface area contributed by atoms with E-state index >= 15 is 0 Å². The van der Waals surface area contributed by atoms with Crippen molar-refractivity contribution < 1.29 is 18.0 Å². The summed E-state index contributed by atoms with van der Waals surface area (Å²) in [5.41, 5.74) is 0.514. The van der Waals surface area contributed by atoms with E-state index < -0.39 is 21.4 Å². The average Bonchev–Trinajstić information content (AvgIpc) is 2.92. The minimum absolute atomic E-state index is 0.00901. The van der Waals surface area contributed by atoms with Crippen LogP contribution < -0.4 is 5.32 Å². The van der Waals surface area contributed by atoms with Gasteiger partial charge in [-0.3, -0.25) is 9.59 Å². The number of halogens is 1. The van der Waals surface area contributed by atoms with Crippen LogP contribution in [0.3, 0.4) is 0 Å². The highest BCUT2D eigenvalue weighted by Crippen LogP contribution is 2.34. The highest BCUT2D eigenvalue weighted by Gasteiger charge is 2.53. The Balaban J connectivity index is 1.31. The number of piperazine rings is 1. The van der Waals surface area contributed by atoms with Crippen molar-refractivity contribution in [2.75, 3.05) is 31.9 Å². The molecule has 0 aromatic heterocycles. The molecular formula is C29H38ClN3O4S. The molecule has 7 nitrogen and oxygen atoms in total. The molecule has 2 amide bonds. The highest BCUT2D eigenvalue weighted by atomic mass is 35.5. The number of amides is 2. The van der Waals surface area contributed by atoms with Gasteiger partial charge < -0.3 is 15.1 Å². The zero-order valence-corrected chi connectivity index (χ0v) is 23.6. The van der Waals surface area contributed by atoms with E-state index in [2.05, 4.69) is 34.5 Å². The van der Waals surface area contributed by atoms with Crippen molar-refractivity contribution >= 4 is 33.3 Å². The minimum atomic E-state index is -3.42. The second kappa shape index (κ2) is 12.6. The standard InChI is InChI=1S/C29H38ClN3O4S/c1-2-18-33-27(34)26(10-6-7-22-38(36,37)25-13-11-24(30)12-14-25)31-28(35)29(33)16-20-32(21-17-29)19-15-23-8-4-3-5-9-23/h3-5,8-9,11-14,26H,2,6-7,10,15-22H2,1H3,(H,31,35)/t26-/m0/s1. The van der Waals surface area contributed by atoms with Gasteiger partial charge in [-0.2, -0.15) is 0 Å². The van der Waals surface area contributed by atoms with Crippen LogP contribution in [0, 0.1) is 0 Å². The number of sulfone groups is 1. The zero-order chi connectivity index (χ0) is 27.2. The van der Waals surface area contributed by atoms with Crippen LogP contribution in [0.15, 0.2) is 59.5 Å². The second-order valence-electron chi connectivity index (χ2n) is 10.4. The molecule has 2 fully saturated rings. The van der Waals surface area contributed by atoms with Crippen molar-refractivity contribution in [2.45, 2.75) is 68.3 Å². The van der Waals surface area contributed by atoms with E-state index in [4.69, 9.17) is 11.6 Å². The minimum Gasteiger partial charge on any atom is -0.342 e. The van der Waals surface area contributed by atoms with Gasteiger partial charge in [0.2, 0.25) is 11.8 Å². The molecule has 2 heterocycles. The lowest BCUT2D eigenvalue weighted by molar-refractivity contribution is -0.161. The lowest BCUT2D eigenvalue weighted by atomic mass is 9.81. The highest BCUT2D eigenvalue weighted by molar-refractivity contribution is 7.91. The van der Waals surface area contributed by atoms with Crippen LogP contribution in [0.5, 0.6) is 0 Å². The number of carbonyl (C=O) groups is 2. The fraction of sp³-hybridized carbons (Fsp3) is 0.517. The quantitative estimate of drug-likeness (QED) is 0.419. The molecule has 2 aromatic rings. The van der Waals surface area contributed by atoms with Crippen molar-refractivity contribution in [1.82, 2.24) is 15.1 Å². The first kappa shape index (κ1) is 28.6. The Morgan fingerprint density at radius 1 is 0.974 bits per heavy atom. The number of benzene rings is 2. The summed E-state index contributed by atoms with van der Waals surface area (Å²) in [4.78, 5) is 31.5. The molecule has 2 saturated heterocycles. The van der Waals surface area contributed by atoms with Gasteiger partial charge in [-0.25, -0.2) is 8.42 Å². The van der Waals surface area contributed by atoms with Gasteiger partial charge in [0.15, 0.2) is 9.84 Å². The first-order valence-electron chi connectivity index (χ1n) is 13.6. The Bertz CT molecular complexity index is 1200. The molecule has 2 aromatic carbocycles. The van der Waals surface area contributed by atoms with E-state index in [1.54, 1.807) is 12.1 Å². The largest absolute Gasteiger partial charge is 0.342 e. The van der Waals surface area contributed by atoms with Gasteiger partial charge in [-0.1, -0.05) is 48.9 Å². The topological polar surface area (TPSA) is 86.8 Å². The van der Waals surface area contributed by atoms with Crippen LogP contribution in [0.25, 0.3) is 0 Å². The molecular weight excluding hydrogens is 522 g/mol. The Labute approximate surface area is 231 Å². The Morgan fingerprint density at radius 3 is 2.32 bits per heavy atom. The fourth-order valence-corrected chi connectivity index (χ4v) is 7.09. The summed E-state index contributed by atoms with van der Waals surface area (Å²) in [6, 6.07) is 15.9. The Hall–Kier alpha value is -2.42. The third kappa shape index (κ3) is 6.58. The summed E-state index contributed by atoms with van der Waals surface area (Å²) in [6.07, 6.45) is 4.39. The maximum absolute atomic E-state index is 13.5. The van der Waals surface area contributed by atoms with Gasteiger partial charge in [0, 0.05) is 31.2 Å². The molecule has 2 aliphatic rings. The summed E-state index contributed by atoms with van der Waals surface area (Å²) in [5, 5.41) is 3.50. The maximum Gasteiger partial charge on any atom is 0.246 e. The summed E-state index contributed by atoms with van der Waals surface area (Å²) < 4.78 is 25.2. The van der Waals surface area contributed by atoms with Gasteiger partial charge in [0.1, 0.15) is 11.6 Å². The Morgan fingerprint density at radius 2 is 1.66 bits per heavy atom. The van der Waals surface area contributed by atoms with Crippen molar-refractivity contribution in [3.05, 3.63) is 65.2 Å². The molecule has 0 bridgehead atoms. The molecule has 1 spiro atoms. The number of nitrogens with zero attached hydrogens (tertiary/aromatic N) is 2. The van der Waals surface area contributed by atoms with Crippen LogP contribution in [0.2, 0.25) is 5.02 Å². The first-order chi connectivity index (χ1) is 18.2. The van der Waals surface area contributed by atoms with E-state index in [1.807, 2.05) is 17.9 Å². The number of rotatable bonds is 11. The molecule has 1 N–H and O–H groups in total. The van der Waals surface area contributed by atoms with Crippen LogP contribution in [-0.2, 0) is 25.8 Å². The number of unbranched alkanes of at least 4 members (excludes halogenated alkanes) is 1. The van der Waals surface area contributed by atoms with Crippen molar-refractivity contribution in [3.8, 4) is 0 Å². The molecule has 38 heavy (non-hydrogen) atoms. The Kier molecular flexibility index (Phi) is 9.50. The molecule has 206 valence electrons. The maximum atomic E-state index is 13.5. The van der Waals surface area contributed by atoms with Crippen LogP contribution in [0.4, 0.5) is 0 Å². The summed E-state index contributed by atoms with van der Waals surface area (Å²) in [6.45, 7) is 5.07. The van der Waals surface area contributed by atoms with Crippen LogP contribution in [0.1, 0.15) is 51.0 Å². The van der Waals surface area contributed by atoms with Gasteiger partial charge in [-0.15, -0.1) is 0 Å². The van der Waals surface area contributed by atoms with E-state index in [0.29, 0.717) is 43.7 Å². The predicted octanol–water partition coefficient (Wildman–Crippen LogP) is 4.10. The number of likely N-dealkylation sites (tertiary alicyclic amines) is 1. The summed E-state index contributed by atoms with van der Waals surface area (Å²) in [7, 11) is -3.42. The van der Waals surface area contributed by atoms with E-state index in [1.165, 1.54) is 17.7 Å². The third-order valence-electron chi connectivity index (χ3n) is 7.83. The van der Waals surface area contributed by atoms with Gasteiger partial charge in [0.05, 0.1) is 10.6 Å². The number of carbonyl (C=O) groups excluding carboxylic acids is 2. The normalized spacial score (nSPS) is 20.1. The molecule has 2 aliphatic heterocycles. The zero-order valence-electron chi connectivity index (χ0n) is 22.1.